The Morgan fingerprint density at radius 2 is 2.06 bits per heavy atom. The Balaban J connectivity index is 2.01. The highest BCUT2D eigenvalue weighted by Crippen LogP contribution is 2.10. The smallest absolute Gasteiger partial charge is 0.358 e. The number of esters is 1. The molecule has 86 valence electrons. The maximum Gasteiger partial charge on any atom is 0.358 e. The minimum absolute atomic E-state index is 0.250. The molecule has 0 spiro atoms. The average molecular weight is 340 g/mol. The lowest BCUT2D eigenvalue weighted by molar-refractivity contribution is 0.0464. The summed E-state index contributed by atoms with van der Waals surface area (Å²) in [6, 6.07) is 9.52. The van der Waals surface area contributed by atoms with E-state index >= 15 is 0 Å². The van der Waals surface area contributed by atoms with E-state index in [1.165, 1.54) is 6.33 Å². The lowest BCUT2D eigenvalue weighted by Gasteiger charge is -2.04. The lowest BCUT2D eigenvalue weighted by atomic mass is 10.2. The highest BCUT2D eigenvalue weighted by Gasteiger charge is 2.12. The van der Waals surface area contributed by atoms with Crippen molar-refractivity contribution in [1.29, 1.82) is 0 Å². The second-order valence-corrected chi connectivity index (χ2v) is 4.44. The van der Waals surface area contributed by atoms with Gasteiger partial charge in [-0.1, -0.05) is 30.3 Å². The van der Waals surface area contributed by atoms with E-state index in [0.717, 1.165) is 5.56 Å². The maximum atomic E-state index is 11.7. The molecule has 17 heavy (non-hydrogen) atoms. The number of carbonyl (C=O) groups is 1. The predicted octanol–water partition coefficient (Wildman–Crippen LogP) is 2.44. The van der Waals surface area contributed by atoms with Crippen LogP contribution in [0.3, 0.4) is 0 Å². The van der Waals surface area contributed by atoms with Crippen LogP contribution in [0.4, 0.5) is 0 Å². The summed E-state index contributed by atoms with van der Waals surface area (Å²) in [6.45, 7) is 0.250. The molecule has 0 unspecified atom stereocenters. The molecule has 0 atom stereocenters. The summed E-state index contributed by atoms with van der Waals surface area (Å²) in [7, 11) is 0. The fraction of sp³-hybridized carbons (Fsp3) is 0.0833. The van der Waals surface area contributed by atoms with Crippen LogP contribution in [0.5, 0.6) is 0 Å². The van der Waals surface area contributed by atoms with Gasteiger partial charge < -0.3 is 4.74 Å². The zero-order chi connectivity index (χ0) is 12.1. The molecule has 0 saturated carbocycles. The first kappa shape index (κ1) is 12.0. The van der Waals surface area contributed by atoms with Crippen molar-refractivity contribution in [3.63, 3.8) is 0 Å². The predicted molar refractivity (Wildman–Crippen MR) is 70.3 cm³/mol. The van der Waals surface area contributed by atoms with Crippen molar-refractivity contribution in [2.75, 3.05) is 0 Å². The first-order valence-corrected chi connectivity index (χ1v) is 6.02. The summed E-state index contributed by atoms with van der Waals surface area (Å²) in [5.74, 6) is -0.430. The molecule has 2 rings (SSSR count). The summed E-state index contributed by atoms with van der Waals surface area (Å²) in [6.07, 6.45) is 2.91. The highest BCUT2D eigenvalue weighted by molar-refractivity contribution is 14.1. The summed E-state index contributed by atoms with van der Waals surface area (Å²) < 4.78 is 5.84. The number of benzene rings is 1. The topological polar surface area (TPSA) is 52.1 Å². The molecule has 0 amide bonds. The van der Waals surface area contributed by atoms with Crippen molar-refractivity contribution in [3.8, 4) is 0 Å². The third-order valence-electron chi connectivity index (χ3n) is 2.07. The molecule has 0 aliphatic heterocycles. The van der Waals surface area contributed by atoms with Gasteiger partial charge in [0.1, 0.15) is 12.9 Å². The first-order chi connectivity index (χ1) is 8.27. The molecule has 1 heterocycles. The van der Waals surface area contributed by atoms with Gasteiger partial charge in [0.15, 0.2) is 5.69 Å². The zero-order valence-electron chi connectivity index (χ0n) is 8.84. The minimum atomic E-state index is -0.430. The van der Waals surface area contributed by atoms with Gasteiger partial charge in [0.05, 0.1) is 3.57 Å². The number of aromatic nitrogens is 2. The second-order valence-electron chi connectivity index (χ2n) is 3.28. The SMILES string of the molecule is O=C(OCc1ccccc1)c1ncncc1I. The van der Waals surface area contributed by atoms with Crippen LogP contribution in [0.15, 0.2) is 42.9 Å². The van der Waals surface area contributed by atoms with Crippen LogP contribution in [0.2, 0.25) is 0 Å². The van der Waals surface area contributed by atoms with Gasteiger partial charge in [-0.25, -0.2) is 14.8 Å². The first-order valence-electron chi connectivity index (χ1n) is 4.94. The van der Waals surface area contributed by atoms with Gasteiger partial charge in [-0.15, -0.1) is 0 Å². The van der Waals surface area contributed by atoms with Crippen molar-refractivity contribution in [2.45, 2.75) is 6.61 Å². The van der Waals surface area contributed by atoms with Gasteiger partial charge in [0.2, 0.25) is 0 Å². The molecule has 0 fully saturated rings. The Morgan fingerprint density at radius 3 is 2.76 bits per heavy atom. The summed E-state index contributed by atoms with van der Waals surface area (Å²) >= 11 is 2.00. The number of halogens is 1. The summed E-state index contributed by atoms with van der Waals surface area (Å²) in [5, 5.41) is 0. The molecule has 1 aromatic heterocycles. The van der Waals surface area contributed by atoms with Crippen LogP contribution in [-0.2, 0) is 11.3 Å². The van der Waals surface area contributed by atoms with E-state index in [2.05, 4.69) is 9.97 Å². The fourth-order valence-electron chi connectivity index (χ4n) is 1.25. The van der Waals surface area contributed by atoms with Crippen molar-refractivity contribution >= 4 is 28.6 Å². The maximum absolute atomic E-state index is 11.7. The quantitative estimate of drug-likeness (QED) is 0.636. The standard InChI is InChI=1S/C12H9IN2O2/c13-10-6-14-8-15-11(10)12(16)17-7-9-4-2-1-3-5-9/h1-6,8H,7H2. The number of rotatable bonds is 3. The third-order valence-corrected chi connectivity index (χ3v) is 2.86. The Kier molecular flexibility index (Phi) is 4.03. The van der Waals surface area contributed by atoms with Gasteiger partial charge >= 0.3 is 5.97 Å². The molecule has 0 saturated heterocycles. The molecule has 0 aliphatic carbocycles. The van der Waals surface area contributed by atoms with E-state index in [9.17, 15) is 4.79 Å². The number of hydrogen-bond acceptors (Lipinski definition) is 4. The van der Waals surface area contributed by atoms with Crippen LogP contribution in [0, 0.1) is 3.57 Å². The van der Waals surface area contributed by atoms with Crippen LogP contribution in [-0.4, -0.2) is 15.9 Å². The van der Waals surface area contributed by atoms with Crippen molar-refractivity contribution in [3.05, 3.63) is 57.7 Å². The van der Waals surface area contributed by atoms with E-state index in [1.807, 2.05) is 52.9 Å². The molecule has 0 N–H and O–H groups in total. The van der Waals surface area contributed by atoms with E-state index in [0.29, 0.717) is 9.26 Å². The molecule has 4 nitrogen and oxygen atoms in total. The number of hydrogen-bond donors (Lipinski definition) is 0. The van der Waals surface area contributed by atoms with Crippen LogP contribution in [0.25, 0.3) is 0 Å². The molecule has 1 aromatic carbocycles. The van der Waals surface area contributed by atoms with E-state index in [4.69, 9.17) is 4.74 Å². The molecule has 2 aromatic rings. The molecule has 0 bridgehead atoms. The Hall–Kier alpha value is -1.50. The second kappa shape index (κ2) is 5.72. The largest absolute Gasteiger partial charge is 0.456 e. The fourth-order valence-corrected chi connectivity index (χ4v) is 1.77. The highest BCUT2D eigenvalue weighted by atomic mass is 127. The Bertz CT molecular complexity index is 517. The van der Waals surface area contributed by atoms with Crippen LogP contribution < -0.4 is 0 Å². The van der Waals surface area contributed by atoms with E-state index in [-0.39, 0.29) is 6.61 Å². The molecular formula is C12H9IN2O2. The Labute approximate surface area is 112 Å². The van der Waals surface area contributed by atoms with Crippen LogP contribution >= 0.6 is 22.6 Å². The summed E-state index contributed by atoms with van der Waals surface area (Å²) in [4.78, 5) is 19.4. The van der Waals surface area contributed by atoms with Gasteiger partial charge in [-0.3, -0.25) is 0 Å². The van der Waals surface area contributed by atoms with Crippen LogP contribution in [0.1, 0.15) is 16.1 Å². The molecular weight excluding hydrogens is 331 g/mol. The lowest BCUT2D eigenvalue weighted by Crippen LogP contribution is -2.09. The van der Waals surface area contributed by atoms with Gasteiger partial charge in [0.25, 0.3) is 0 Å². The third kappa shape index (κ3) is 3.23. The van der Waals surface area contributed by atoms with Crippen molar-refractivity contribution < 1.29 is 9.53 Å². The van der Waals surface area contributed by atoms with Crippen molar-refractivity contribution in [1.82, 2.24) is 9.97 Å². The average Bonchev–Trinajstić information content (AvgIpc) is 2.38. The number of ether oxygens (including phenoxy) is 1. The van der Waals surface area contributed by atoms with Gasteiger partial charge in [-0.2, -0.15) is 0 Å². The Morgan fingerprint density at radius 1 is 1.29 bits per heavy atom. The number of carbonyl (C=O) groups excluding carboxylic acids is 1. The van der Waals surface area contributed by atoms with E-state index < -0.39 is 5.97 Å². The molecule has 5 heteroatoms. The zero-order valence-corrected chi connectivity index (χ0v) is 11.0. The summed E-state index contributed by atoms with van der Waals surface area (Å²) in [5.41, 5.74) is 1.25. The van der Waals surface area contributed by atoms with Gasteiger partial charge in [-0.05, 0) is 28.2 Å². The van der Waals surface area contributed by atoms with Gasteiger partial charge in [0, 0.05) is 6.20 Å². The number of nitrogens with zero attached hydrogens (tertiary/aromatic N) is 2. The normalized spacial score (nSPS) is 9.94. The monoisotopic (exact) mass is 340 g/mol. The minimum Gasteiger partial charge on any atom is -0.456 e. The van der Waals surface area contributed by atoms with Crippen molar-refractivity contribution in [2.24, 2.45) is 0 Å². The van der Waals surface area contributed by atoms with E-state index in [1.54, 1.807) is 6.20 Å². The molecule has 0 radical (unpaired) electrons. The molecule has 0 aliphatic rings.